The molecule has 0 aromatic heterocycles. The Morgan fingerprint density at radius 3 is 2.52 bits per heavy atom. The van der Waals surface area contributed by atoms with Gasteiger partial charge < -0.3 is 15.7 Å². The predicted molar refractivity (Wildman–Crippen MR) is 99.2 cm³/mol. The highest BCUT2D eigenvalue weighted by molar-refractivity contribution is 5.74. The first-order valence-electron chi connectivity index (χ1n) is 9.61. The van der Waals surface area contributed by atoms with Crippen LogP contribution in [0.3, 0.4) is 0 Å². The molecular formula is C20H31N3O2. The normalized spacial score (nSPS) is 30.6. The molecule has 2 aliphatic rings. The third kappa shape index (κ3) is 5.44. The molecule has 2 fully saturated rings. The minimum atomic E-state index is -0.185. The number of carbonyl (C=O) groups excluding carboxylic acids is 1. The van der Waals surface area contributed by atoms with Crippen molar-refractivity contribution in [3.05, 3.63) is 35.9 Å². The number of carbonyl (C=O) groups is 1. The van der Waals surface area contributed by atoms with Crippen LogP contribution >= 0.6 is 0 Å². The molecule has 0 spiro atoms. The largest absolute Gasteiger partial charge is 0.393 e. The molecule has 2 atom stereocenters. The van der Waals surface area contributed by atoms with Gasteiger partial charge in [0.15, 0.2) is 0 Å². The maximum Gasteiger partial charge on any atom is 0.315 e. The van der Waals surface area contributed by atoms with Crippen molar-refractivity contribution in [3.63, 3.8) is 0 Å². The van der Waals surface area contributed by atoms with Gasteiger partial charge in [0.25, 0.3) is 0 Å². The number of nitrogens with zero attached hydrogens (tertiary/aromatic N) is 1. The van der Waals surface area contributed by atoms with Gasteiger partial charge in [0.1, 0.15) is 0 Å². The van der Waals surface area contributed by atoms with Gasteiger partial charge in [-0.15, -0.1) is 0 Å². The number of hydrogen-bond donors (Lipinski definition) is 3. The summed E-state index contributed by atoms with van der Waals surface area (Å²) >= 11 is 0. The van der Waals surface area contributed by atoms with Crippen molar-refractivity contribution in [1.29, 1.82) is 0 Å². The van der Waals surface area contributed by atoms with Gasteiger partial charge in [0, 0.05) is 31.7 Å². The van der Waals surface area contributed by atoms with E-state index in [0.717, 1.165) is 51.7 Å². The van der Waals surface area contributed by atoms with E-state index in [1.54, 1.807) is 0 Å². The van der Waals surface area contributed by atoms with E-state index in [1.165, 1.54) is 5.56 Å². The lowest BCUT2D eigenvalue weighted by atomic mass is 9.92. The lowest BCUT2D eigenvalue weighted by molar-refractivity contribution is 0.116. The Kier molecular flexibility index (Phi) is 6.32. The van der Waals surface area contributed by atoms with Gasteiger partial charge in [0.2, 0.25) is 0 Å². The smallest absolute Gasteiger partial charge is 0.315 e. The molecular weight excluding hydrogens is 314 g/mol. The molecule has 3 N–H and O–H groups in total. The van der Waals surface area contributed by atoms with E-state index >= 15 is 0 Å². The van der Waals surface area contributed by atoms with Crippen LogP contribution in [0.15, 0.2) is 30.3 Å². The van der Waals surface area contributed by atoms with E-state index in [2.05, 4.69) is 46.7 Å². The highest BCUT2D eigenvalue weighted by Crippen LogP contribution is 2.20. The maximum atomic E-state index is 12.3. The standard InChI is InChI=1S/C20H31N3O2/c1-15-13-23(14-16-5-3-2-4-6-16)12-11-19(15)22-20(25)21-17-7-9-18(24)10-8-17/h2-6,15,17-19,24H,7-14H2,1H3,(H2,21,22,25). The van der Waals surface area contributed by atoms with Crippen LogP contribution in [0.5, 0.6) is 0 Å². The Morgan fingerprint density at radius 1 is 1.12 bits per heavy atom. The van der Waals surface area contributed by atoms with Gasteiger partial charge in [-0.2, -0.15) is 0 Å². The van der Waals surface area contributed by atoms with Crippen molar-refractivity contribution in [1.82, 2.24) is 15.5 Å². The molecule has 1 aliphatic carbocycles. The van der Waals surface area contributed by atoms with Crippen LogP contribution in [-0.2, 0) is 6.54 Å². The van der Waals surface area contributed by atoms with Gasteiger partial charge in [-0.3, -0.25) is 4.90 Å². The van der Waals surface area contributed by atoms with Crippen molar-refractivity contribution >= 4 is 6.03 Å². The molecule has 5 heteroatoms. The fourth-order valence-electron chi connectivity index (χ4n) is 4.05. The molecule has 138 valence electrons. The van der Waals surface area contributed by atoms with Crippen molar-refractivity contribution in [2.45, 2.75) is 63.8 Å². The molecule has 1 aromatic carbocycles. The topological polar surface area (TPSA) is 64.6 Å². The average Bonchev–Trinajstić information content (AvgIpc) is 2.60. The van der Waals surface area contributed by atoms with Crippen LogP contribution in [0.1, 0.15) is 44.6 Å². The Morgan fingerprint density at radius 2 is 1.84 bits per heavy atom. The van der Waals surface area contributed by atoms with E-state index in [0.29, 0.717) is 5.92 Å². The number of urea groups is 1. The lowest BCUT2D eigenvalue weighted by Gasteiger charge is -2.37. The molecule has 2 unspecified atom stereocenters. The quantitative estimate of drug-likeness (QED) is 0.786. The maximum absolute atomic E-state index is 12.3. The molecule has 1 saturated heterocycles. The molecule has 5 nitrogen and oxygen atoms in total. The van der Waals surface area contributed by atoms with Crippen molar-refractivity contribution in [2.24, 2.45) is 5.92 Å². The van der Waals surface area contributed by atoms with Crippen LogP contribution < -0.4 is 10.6 Å². The van der Waals surface area contributed by atoms with Gasteiger partial charge in [-0.25, -0.2) is 4.79 Å². The third-order valence-corrected chi connectivity index (χ3v) is 5.59. The van der Waals surface area contributed by atoms with E-state index in [1.807, 2.05) is 6.07 Å². The summed E-state index contributed by atoms with van der Waals surface area (Å²) in [5.41, 5.74) is 1.35. The van der Waals surface area contributed by atoms with Crippen molar-refractivity contribution in [3.8, 4) is 0 Å². The third-order valence-electron chi connectivity index (χ3n) is 5.59. The van der Waals surface area contributed by atoms with E-state index < -0.39 is 0 Å². The highest BCUT2D eigenvalue weighted by atomic mass is 16.3. The molecule has 3 rings (SSSR count). The van der Waals surface area contributed by atoms with Crippen molar-refractivity contribution in [2.75, 3.05) is 13.1 Å². The lowest BCUT2D eigenvalue weighted by Crippen LogP contribution is -2.53. The fraction of sp³-hybridized carbons (Fsp3) is 0.650. The molecule has 1 aliphatic heterocycles. The summed E-state index contributed by atoms with van der Waals surface area (Å²) in [6.45, 7) is 5.23. The molecule has 1 heterocycles. The Labute approximate surface area is 150 Å². The summed E-state index contributed by atoms with van der Waals surface area (Å²) in [6.07, 6.45) is 4.14. The summed E-state index contributed by atoms with van der Waals surface area (Å²) < 4.78 is 0. The zero-order valence-corrected chi connectivity index (χ0v) is 15.2. The monoisotopic (exact) mass is 345 g/mol. The summed E-state index contributed by atoms with van der Waals surface area (Å²) in [7, 11) is 0. The second-order valence-electron chi connectivity index (χ2n) is 7.72. The first-order chi connectivity index (χ1) is 12.1. The number of rotatable bonds is 4. The molecule has 0 bridgehead atoms. The molecule has 2 amide bonds. The summed E-state index contributed by atoms with van der Waals surface area (Å²) in [4.78, 5) is 14.8. The number of hydrogen-bond acceptors (Lipinski definition) is 3. The molecule has 25 heavy (non-hydrogen) atoms. The van der Waals surface area contributed by atoms with Gasteiger partial charge in [0.05, 0.1) is 6.10 Å². The molecule has 0 radical (unpaired) electrons. The Bertz CT molecular complexity index is 543. The number of amides is 2. The summed E-state index contributed by atoms with van der Waals surface area (Å²) in [5.74, 6) is 0.441. The van der Waals surface area contributed by atoms with Crippen LogP contribution in [0.2, 0.25) is 0 Å². The number of likely N-dealkylation sites (tertiary alicyclic amines) is 1. The van der Waals surface area contributed by atoms with Gasteiger partial charge >= 0.3 is 6.03 Å². The Hall–Kier alpha value is -1.59. The van der Waals surface area contributed by atoms with Crippen LogP contribution in [0.4, 0.5) is 4.79 Å². The molecule has 1 saturated carbocycles. The predicted octanol–water partition coefficient (Wildman–Crippen LogP) is 2.50. The SMILES string of the molecule is CC1CN(Cc2ccccc2)CCC1NC(=O)NC1CCC(O)CC1. The second-order valence-corrected chi connectivity index (χ2v) is 7.72. The first kappa shape index (κ1) is 18.2. The zero-order chi connectivity index (χ0) is 17.6. The summed E-state index contributed by atoms with van der Waals surface area (Å²) in [5, 5.41) is 15.8. The highest BCUT2D eigenvalue weighted by Gasteiger charge is 2.28. The minimum Gasteiger partial charge on any atom is -0.393 e. The number of aliphatic hydroxyl groups excluding tert-OH is 1. The Balaban J connectivity index is 1.41. The zero-order valence-electron chi connectivity index (χ0n) is 15.2. The number of benzene rings is 1. The van der Waals surface area contributed by atoms with Gasteiger partial charge in [-0.1, -0.05) is 37.3 Å². The summed E-state index contributed by atoms with van der Waals surface area (Å²) in [6, 6.07) is 11.0. The van der Waals surface area contributed by atoms with Crippen LogP contribution in [-0.4, -0.2) is 47.3 Å². The van der Waals surface area contributed by atoms with Crippen LogP contribution in [0, 0.1) is 5.92 Å². The van der Waals surface area contributed by atoms with E-state index in [-0.39, 0.29) is 24.2 Å². The van der Waals surface area contributed by atoms with Crippen molar-refractivity contribution < 1.29 is 9.90 Å². The van der Waals surface area contributed by atoms with Crippen LogP contribution in [0.25, 0.3) is 0 Å². The molecule has 1 aromatic rings. The second kappa shape index (κ2) is 8.68. The minimum absolute atomic E-state index is 0.0465. The van der Waals surface area contributed by atoms with Gasteiger partial charge in [-0.05, 0) is 43.6 Å². The number of aliphatic hydroxyl groups is 1. The first-order valence-corrected chi connectivity index (χ1v) is 9.61. The fourth-order valence-corrected chi connectivity index (χ4v) is 4.05. The number of piperidine rings is 1. The van der Waals surface area contributed by atoms with E-state index in [4.69, 9.17) is 0 Å². The van der Waals surface area contributed by atoms with E-state index in [9.17, 15) is 9.90 Å². The number of nitrogens with one attached hydrogen (secondary N) is 2. The average molecular weight is 345 g/mol.